The van der Waals surface area contributed by atoms with Gasteiger partial charge in [0.05, 0.1) is 10.7 Å². The van der Waals surface area contributed by atoms with Gasteiger partial charge in [-0.3, -0.25) is 9.40 Å². The summed E-state index contributed by atoms with van der Waals surface area (Å²) in [6.07, 6.45) is 0. The maximum absolute atomic E-state index is 12.5. The van der Waals surface area contributed by atoms with E-state index in [1.165, 1.54) is 22.9 Å². The zero-order valence-electron chi connectivity index (χ0n) is 12.7. The van der Waals surface area contributed by atoms with Crippen LogP contribution in [0.25, 0.3) is 0 Å². The van der Waals surface area contributed by atoms with Crippen LogP contribution in [0, 0.1) is 0 Å². The highest BCUT2D eigenvalue weighted by atomic mass is 35.5. The second kappa shape index (κ2) is 5.76. The number of aryl methyl sites for hydroxylation is 1. The third kappa shape index (κ3) is 3.56. The van der Waals surface area contributed by atoms with Crippen molar-refractivity contribution in [2.75, 3.05) is 4.72 Å². The monoisotopic (exact) mass is 361 g/mol. The zero-order chi connectivity index (χ0) is 16.7. The Balaban J connectivity index is 2.41. The first-order valence-corrected chi connectivity index (χ1v) is 8.77. The van der Waals surface area contributed by atoms with Gasteiger partial charge in [0.25, 0.3) is 10.0 Å². The molecular weight excluding hydrogens is 345 g/mol. The van der Waals surface area contributed by atoms with Crippen molar-refractivity contribution in [3.63, 3.8) is 0 Å². The van der Waals surface area contributed by atoms with Crippen molar-refractivity contribution >= 4 is 39.0 Å². The Morgan fingerprint density at radius 1 is 1.18 bits per heavy atom. The lowest BCUT2D eigenvalue weighted by atomic mass is 9.92. The Hall–Kier alpha value is -1.24. The molecule has 2 rings (SSSR count). The number of benzene rings is 1. The van der Waals surface area contributed by atoms with Crippen LogP contribution in [-0.2, 0) is 22.5 Å². The Morgan fingerprint density at radius 3 is 2.36 bits per heavy atom. The maximum atomic E-state index is 12.5. The summed E-state index contributed by atoms with van der Waals surface area (Å²) in [4.78, 5) is -0.0693. The van der Waals surface area contributed by atoms with Gasteiger partial charge in [-0.15, -0.1) is 0 Å². The van der Waals surface area contributed by atoms with Crippen molar-refractivity contribution in [2.24, 2.45) is 7.05 Å². The predicted octanol–water partition coefficient (Wildman–Crippen LogP) is 3.83. The first kappa shape index (κ1) is 17.1. The normalized spacial score (nSPS) is 12.5. The van der Waals surface area contributed by atoms with Crippen molar-refractivity contribution in [3.8, 4) is 0 Å². The van der Waals surface area contributed by atoms with E-state index in [4.69, 9.17) is 23.2 Å². The maximum Gasteiger partial charge on any atom is 0.264 e. The van der Waals surface area contributed by atoms with Crippen molar-refractivity contribution in [2.45, 2.75) is 31.1 Å². The molecule has 120 valence electrons. The summed E-state index contributed by atoms with van der Waals surface area (Å²) in [5.74, 6) is 0.362. The Labute approximate surface area is 140 Å². The number of halogens is 2. The fraction of sp³-hybridized carbons (Fsp3) is 0.357. The van der Waals surface area contributed by atoms with E-state index >= 15 is 0 Å². The van der Waals surface area contributed by atoms with Gasteiger partial charge in [-0.05, 0) is 18.2 Å². The molecule has 5 nitrogen and oxygen atoms in total. The van der Waals surface area contributed by atoms with Gasteiger partial charge in [-0.1, -0.05) is 44.0 Å². The molecule has 0 atom stereocenters. The molecule has 0 bridgehead atoms. The summed E-state index contributed by atoms with van der Waals surface area (Å²) in [5.41, 5.74) is 0.597. The highest BCUT2D eigenvalue weighted by Gasteiger charge is 2.23. The molecule has 0 radical (unpaired) electrons. The topological polar surface area (TPSA) is 64.0 Å². The second-order valence-electron chi connectivity index (χ2n) is 5.97. The summed E-state index contributed by atoms with van der Waals surface area (Å²) >= 11 is 11.8. The Kier molecular flexibility index (Phi) is 4.48. The van der Waals surface area contributed by atoms with Gasteiger partial charge in [0, 0.05) is 23.6 Å². The van der Waals surface area contributed by atoms with Gasteiger partial charge in [0.2, 0.25) is 0 Å². The van der Waals surface area contributed by atoms with E-state index < -0.39 is 10.0 Å². The van der Waals surface area contributed by atoms with E-state index in [1.807, 2.05) is 20.8 Å². The lowest BCUT2D eigenvalue weighted by Crippen LogP contribution is -2.15. The smallest absolute Gasteiger partial charge is 0.264 e. The molecule has 0 fully saturated rings. The van der Waals surface area contributed by atoms with Crippen LogP contribution in [0.5, 0.6) is 0 Å². The number of sulfonamides is 1. The summed E-state index contributed by atoms with van der Waals surface area (Å²) in [5, 5.41) is 4.73. The Morgan fingerprint density at radius 2 is 1.82 bits per heavy atom. The van der Waals surface area contributed by atoms with Crippen LogP contribution in [-0.4, -0.2) is 18.2 Å². The fourth-order valence-corrected chi connectivity index (χ4v) is 3.65. The number of nitrogens with zero attached hydrogens (tertiary/aromatic N) is 2. The van der Waals surface area contributed by atoms with E-state index in [1.54, 1.807) is 13.1 Å². The number of hydrogen-bond acceptors (Lipinski definition) is 3. The third-order valence-corrected chi connectivity index (χ3v) is 5.14. The first-order chi connectivity index (χ1) is 10.0. The average Bonchev–Trinajstić information content (AvgIpc) is 2.73. The van der Waals surface area contributed by atoms with Crippen molar-refractivity contribution in [3.05, 3.63) is 40.0 Å². The van der Waals surface area contributed by atoms with Gasteiger partial charge in [-0.2, -0.15) is 5.10 Å². The zero-order valence-corrected chi connectivity index (χ0v) is 15.0. The third-order valence-electron chi connectivity index (χ3n) is 3.07. The number of aromatic nitrogens is 2. The molecule has 0 unspecified atom stereocenters. The molecule has 0 aliphatic rings. The molecule has 22 heavy (non-hydrogen) atoms. The minimum absolute atomic E-state index is 0.0693. The second-order valence-corrected chi connectivity index (χ2v) is 8.46. The molecule has 0 aliphatic carbocycles. The van der Waals surface area contributed by atoms with Crippen LogP contribution >= 0.6 is 23.2 Å². The lowest BCUT2D eigenvalue weighted by Gasteiger charge is -2.13. The van der Waals surface area contributed by atoms with Crippen LogP contribution in [0.2, 0.25) is 10.0 Å². The van der Waals surface area contributed by atoms with Crippen LogP contribution in [0.4, 0.5) is 5.82 Å². The van der Waals surface area contributed by atoms with Crippen molar-refractivity contribution in [1.29, 1.82) is 0 Å². The SMILES string of the molecule is Cn1nc(C(C)(C)C)cc1NS(=O)(=O)c1cc(Cl)ccc1Cl. The van der Waals surface area contributed by atoms with Crippen LogP contribution in [0.15, 0.2) is 29.2 Å². The summed E-state index contributed by atoms with van der Waals surface area (Å²) < 4.78 is 29.0. The molecular formula is C14H17Cl2N3O2S. The highest BCUT2D eigenvalue weighted by molar-refractivity contribution is 7.92. The molecule has 0 spiro atoms. The van der Waals surface area contributed by atoms with E-state index in [9.17, 15) is 8.42 Å². The molecule has 1 aromatic carbocycles. The molecule has 0 saturated carbocycles. The highest BCUT2D eigenvalue weighted by Crippen LogP contribution is 2.28. The number of rotatable bonds is 3. The van der Waals surface area contributed by atoms with Gasteiger partial charge in [0.1, 0.15) is 10.7 Å². The Bertz CT molecular complexity index is 808. The van der Waals surface area contributed by atoms with Crippen LogP contribution in [0.1, 0.15) is 26.5 Å². The van der Waals surface area contributed by atoms with Crippen molar-refractivity contribution < 1.29 is 8.42 Å². The summed E-state index contributed by atoms with van der Waals surface area (Å²) in [6.45, 7) is 6.00. The quantitative estimate of drug-likeness (QED) is 0.903. The van der Waals surface area contributed by atoms with Gasteiger partial charge in [0.15, 0.2) is 0 Å². The fourth-order valence-electron chi connectivity index (χ4n) is 1.81. The number of hydrogen-bond donors (Lipinski definition) is 1. The van der Waals surface area contributed by atoms with E-state index in [2.05, 4.69) is 9.82 Å². The molecule has 1 N–H and O–H groups in total. The molecule has 1 heterocycles. The minimum Gasteiger partial charge on any atom is -0.264 e. The summed E-state index contributed by atoms with van der Waals surface area (Å²) in [6, 6.07) is 6.00. The molecule has 0 aliphatic heterocycles. The lowest BCUT2D eigenvalue weighted by molar-refractivity contribution is 0.553. The van der Waals surface area contributed by atoms with Gasteiger partial charge >= 0.3 is 0 Å². The average molecular weight is 362 g/mol. The first-order valence-electron chi connectivity index (χ1n) is 6.53. The molecule has 8 heteroatoms. The number of anilines is 1. The van der Waals surface area contributed by atoms with Crippen molar-refractivity contribution in [1.82, 2.24) is 9.78 Å². The minimum atomic E-state index is -3.85. The molecule has 1 aromatic heterocycles. The molecule has 0 saturated heterocycles. The van der Waals surface area contributed by atoms with Crippen LogP contribution in [0.3, 0.4) is 0 Å². The van der Waals surface area contributed by atoms with Crippen LogP contribution < -0.4 is 4.72 Å². The largest absolute Gasteiger partial charge is 0.264 e. The standard InChI is InChI=1S/C14H17Cl2N3O2S/c1-14(2,3)12-8-13(19(4)17-12)18-22(20,21)11-7-9(15)5-6-10(11)16/h5-8,18H,1-4H3. The van der Waals surface area contributed by atoms with E-state index in [0.29, 0.717) is 10.8 Å². The van der Waals surface area contributed by atoms with Gasteiger partial charge in [-0.25, -0.2) is 8.42 Å². The number of nitrogens with one attached hydrogen (secondary N) is 1. The van der Waals surface area contributed by atoms with Gasteiger partial charge < -0.3 is 0 Å². The van der Waals surface area contributed by atoms with E-state index in [-0.39, 0.29) is 15.3 Å². The predicted molar refractivity (Wildman–Crippen MR) is 89.2 cm³/mol. The molecule has 0 amide bonds. The van der Waals surface area contributed by atoms with E-state index in [0.717, 1.165) is 5.69 Å². The molecule has 2 aromatic rings. The summed E-state index contributed by atoms with van der Waals surface area (Å²) in [7, 11) is -2.18.